The minimum atomic E-state index is -1.24. The van der Waals surface area contributed by atoms with E-state index in [9.17, 15) is 49.8 Å². The molecule has 4 aromatic rings. The smallest absolute Gasteiger partial charge is 0.327 e. The van der Waals surface area contributed by atoms with Gasteiger partial charge in [-0.15, -0.1) is 0 Å². The van der Waals surface area contributed by atoms with Crippen LogP contribution in [0.15, 0.2) is 97.3 Å². The first-order valence-electron chi connectivity index (χ1n) is 20.0. The minimum Gasteiger partial charge on any atom is -0.481 e. The Hall–Kier alpha value is -5.56. The fourth-order valence-electron chi connectivity index (χ4n) is 6.31. The van der Waals surface area contributed by atoms with Crippen molar-refractivity contribution in [1.29, 1.82) is 0 Å². The van der Waals surface area contributed by atoms with E-state index in [2.05, 4.69) is 5.32 Å². The molecule has 2 unspecified atom stereocenters. The van der Waals surface area contributed by atoms with Gasteiger partial charge >= 0.3 is 11.9 Å². The van der Waals surface area contributed by atoms with Gasteiger partial charge in [0.05, 0.1) is 32.3 Å². The Bertz CT molecular complexity index is 1940. The van der Waals surface area contributed by atoms with Crippen molar-refractivity contribution in [3.63, 3.8) is 0 Å². The topological polar surface area (TPSA) is 216 Å². The Morgan fingerprint density at radius 2 is 1.03 bits per heavy atom. The van der Waals surface area contributed by atoms with Gasteiger partial charge in [0.2, 0.25) is 24.5 Å². The molecule has 62 heavy (non-hydrogen) atoms. The lowest BCUT2D eigenvalue weighted by Crippen LogP contribution is -2.50. The molecule has 4 rings (SSSR count). The molecule has 0 radical (unpaired) electrons. The lowest BCUT2D eigenvalue weighted by Gasteiger charge is -2.22. The molecule has 17 heteroatoms. The summed E-state index contributed by atoms with van der Waals surface area (Å²) in [6.07, 6.45) is 10.7. The lowest BCUT2D eigenvalue weighted by atomic mass is 10.0. The van der Waals surface area contributed by atoms with Crippen molar-refractivity contribution in [3.8, 4) is 0 Å². The third-order valence-corrected chi connectivity index (χ3v) is 12.0. The number of aliphatic carboxylic acids is 2. The van der Waals surface area contributed by atoms with Crippen LogP contribution in [0.4, 0.5) is 11.4 Å². The molecule has 0 aliphatic carbocycles. The van der Waals surface area contributed by atoms with Gasteiger partial charge in [-0.05, 0) is 59.7 Å². The van der Waals surface area contributed by atoms with Crippen LogP contribution >= 0.6 is 21.6 Å². The van der Waals surface area contributed by atoms with E-state index in [1.165, 1.54) is 0 Å². The first kappa shape index (κ1) is 49.1. The summed E-state index contributed by atoms with van der Waals surface area (Å²) in [4.78, 5) is 54.2. The van der Waals surface area contributed by atoms with Crippen LogP contribution in [0.1, 0.15) is 28.9 Å². The number of aromatic nitrogens is 2. The second-order valence-electron chi connectivity index (χ2n) is 14.0. The molecule has 7 N–H and O–H groups in total. The van der Waals surface area contributed by atoms with Crippen LogP contribution in [-0.2, 0) is 32.3 Å². The number of pyridine rings is 2. The maximum absolute atomic E-state index is 13.2. The molecule has 0 saturated carbocycles. The highest BCUT2D eigenvalue weighted by Crippen LogP contribution is 2.27. The standard InChI is InChI=1S/C45H53N5O10S2/c51-25-21-47(22-26-52)39-15-9-34(10-16-39)7-13-37-5-1-3-19-49(37)30-41(55)29-36(44(57)58)32-61-62-33-42(45(59)60)46-43(56)31-50-20-4-2-6-38(50)14-8-35-11-17-40(18-12-35)48(23-27-53)24-28-54/h1-20,36,42,51-54H,21-33H2,(H-2,46,56,57,58,59,60)/p+2. The number of hydrogen-bond acceptors (Lipinski definition) is 12. The van der Waals surface area contributed by atoms with E-state index in [4.69, 9.17) is 0 Å². The molecule has 2 aromatic carbocycles. The van der Waals surface area contributed by atoms with Gasteiger partial charge in [-0.2, -0.15) is 9.13 Å². The van der Waals surface area contributed by atoms with Gasteiger partial charge in [0, 0.05) is 91.9 Å². The summed E-state index contributed by atoms with van der Waals surface area (Å²) in [5.74, 6) is -4.19. The lowest BCUT2D eigenvalue weighted by molar-refractivity contribution is -0.686. The Morgan fingerprint density at radius 1 is 0.581 bits per heavy atom. The van der Waals surface area contributed by atoms with Gasteiger partial charge in [-0.1, -0.05) is 45.9 Å². The average molecular weight is 890 g/mol. The maximum Gasteiger partial charge on any atom is 0.327 e. The summed E-state index contributed by atoms with van der Waals surface area (Å²) in [6.45, 7) is 1.24. The Morgan fingerprint density at radius 3 is 1.47 bits per heavy atom. The van der Waals surface area contributed by atoms with Crippen molar-refractivity contribution in [2.24, 2.45) is 5.92 Å². The zero-order valence-electron chi connectivity index (χ0n) is 34.3. The van der Waals surface area contributed by atoms with E-state index in [0.717, 1.165) is 49.8 Å². The zero-order chi connectivity index (χ0) is 44.7. The predicted molar refractivity (Wildman–Crippen MR) is 242 cm³/mol. The van der Waals surface area contributed by atoms with Crippen molar-refractivity contribution in [3.05, 3.63) is 120 Å². The number of carbonyl (C=O) groups is 4. The highest BCUT2D eigenvalue weighted by Gasteiger charge is 2.26. The summed E-state index contributed by atoms with van der Waals surface area (Å²) >= 11 is 0. The average Bonchev–Trinajstić information content (AvgIpc) is 3.26. The predicted octanol–water partition coefficient (Wildman–Crippen LogP) is 2.50. The van der Waals surface area contributed by atoms with E-state index in [1.54, 1.807) is 33.7 Å². The van der Waals surface area contributed by atoms with Crippen molar-refractivity contribution < 1.29 is 59.0 Å². The molecule has 0 bridgehead atoms. The number of carboxylic acids is 2. The summed E-state index contributed by atoms with van der Waals surface area (Å²) in [5, 5.41) is 59.7. The number of ketones is 1. The summed E-state index contributed by atoms with van der Waals surface area (Å²) in [7, 11) is 2.24. The normalized spacial score (nSPS) is 12.3. The zero-order valence-corrected chi connectivity index (χ0v) is 35.9. The molecule has 0 fully saturated rings. The van der Waals surface area contributed by atoms with E-state index >= 15 is 0 Å². The second-order valence-corrected chi connectivity index (χ2v) is 16.6. The third kappa shape index (κ3) is 16.4. The number of carboxylic acid groups (broad SMARTS) is 2. The van der Waals surface area contributed by atoms with Gasteiger partial charge in [0.15, 0.2) is 18.2 Å². The monoisotopic (exact) mass is 889 g/mol. The fourth-order valence-corrected chi connectivity index (χ4v) is 8.77. The van der Waals surface area contributed by atoms with Crippen LogP contribution in [0.3, 0.4) is 0 Å². The molecule has 15 nitrogen and oxygen atoms in total. The first-order chi connectivity index (χ1) is 30.0. The molecular weight excluding hydrogens is 835 g/mol. The molecular formula is C45H55N5O10S2+2. The first-order valence-corrected chi connectivity index (χ1v) is 22.5. The number of nitrogens with one attached hydrogen (secondary N) is 1. The molecule has 0 aliphatic rings. The SMILES string of the molecule is O=C(CC(CSSCC(NC(=O)C[n+]1ccccc1/C=C/c1ccc(N(CCO)CCO)cc1)C(=O)O)C(=O)O)C[n+]1ccccc1/C=C/c1ccc(N(CCO)CCO)cc1. The number of rotatable bonds is 28. The van der Waals surface area contributed by atoms with Crippen molar-refractivity contribution in [2.45, 2.75) is 25.6 Å². The molecule has 2 aromatic heterocycles. The maximum atomic E-state index is 13.2. The quantitative estimate of drug-likeness (QED) is 0.0248. The van der Waals surface area contributed by atoms with Gasteiger partial charge in [-0.3, -0.25) is 14.4 Å². The van der Waals surface area contributed by atoms with Crippen molar-refractivity contribution >= 4 is 80.9 Å². The van der Waals surface area contributed by atoms with Crippen LogP contribution in [0.25, 0.3) is 24.3 Å². The summed E-state index contributed by atoms with van der Waals surface area (Å²) in [5.41, 5.74) is 4.93. The van der Waals surface area contributed by atoms with Gasteiger partial charge in [0.25, 0.3) is 5.91 Å². The van der Waals surface area contributed by atoms with Gasteiger partial charge in [-0.25, -0.2) is 4.79 Å². The molecule has 0 aliphatic heterocycles. The van der Waals surface area contributed by atoms with Crippen molar-refractivity contribution in [1.82, 2.24) is 5.32 Å². The number of carbonyl (C=O) groups excluding carboxylic acids is 2. The molecule has 0 saturated heterocycles. The number of aliphatic hydroxyl groups is 4. The van der Waals surface area contributed by atoms with Crippen LogP contribution in [0.5, 0.6) is 0 Å². The van der Waals surface area contributed by atoms with Gasteiger partial charge < -0.3 is 45.8 Å². The van der Waals surface area contributed by atoms with E-state index in [1.807, 2.05) is 107 Å². The van der Waals surface area contributed by atoms with Crippen LogP contribution < -0.4 is 24.3 Å². The number of amides is 1. The largest absolute Gasteiger partial charge is 0.481 e. The van der Waals surface area contributed by atoms with Gasteiger partial charge in [0.1, 0.15) is 6.04 Å². The van der Waals surface area contributed by atoms with Crippen LogP contribution in [-0.4, -0.2) is 124 Å². The fraction of sp³-hybridized carbons (Fsp3) is 0.333. The molecule has 330 valence electrons. The third-order valence-electron chi connectivity index (χ3n) is 9.55. The Labute approximate surface area is 369 Å². The van der Waals surface area contributed by atoms with Crippen molar-refractivity contribution in [2.75, 3.05) is 73.9 Å². The number of hydrogen-bond donors (Lipinski definition) is 7. The second kappa shape index (κ2) is 26.7. The van der Waals surface area contributed by atoms with E-state index < -0.39 is 29.8 Å². The summed E-state index contributed by atoms with van der Waals surface area (Å²) in [6, 6.07) is 24.8. The summed E-state index contributed by atoms with van der Waals surface area (Å²) < 4.78 is 3.42. The number of nitrogens with zero attached hydrogens (tertiary/aromatic N) is 4. The molecule has 2 heterocycles. The number of Topliss-reactive ketones (excluding diaryl/α,β-unsaturated/α-hetero) is 1. The van der Waals surface area contributed by atoms with Crippen LogP contribution in [0.2, 0.25) is 0 Å². The molecule has 1 amide bonds. The highest BCUT2D eigenvalue weighted by atomic mass is 33.1. The Kier molecular flexibility index (Phi) is 21.1. The molecule has 0 spiro atoms. The highest BCUT2D eigenvalue weighted by molar-refractivity contribution is 8.76. The molecule has 2 atom stereocenters. The number of aliphatic hydroxyl groups excluding tert-OH is 4. The number of anilines is 2. The minimum absolute atomic E-state index is 0.0364. The Balaban J connectivity index is 1.27. The van der Waals surface area contributed by atoms with Crippen LogP contribution in [0, 0.1) is 5.92 Å². The van der Waals surface area contributed by atoms with E-state index in [-0.39, 0.29) is 63.2 Å². The van der Waals surface area contributed by atoms with E-state index in [0.29, 0.717) is 31.9 Å². The number of benzene rings is 2.